The number of oxazole rings is 1. The number of rotatable bonds is 4. The van der Waals surface area contributed by atoms with Crippen molar-refractivity contribution in [3.63, 3.8) is 0 Å². The van der Waals surface area contributed by atoms with Crippen LogP contribution in [-0.2, 0) is 11.3 Å². The quantitative estimate of drug-likeness (QED) is 0.853. The van der Waals surface area contributed by atoms with Gasteiger partial charge in [-0.05, 0) is 37.8 Å². The Kier molecular flexibility index (Phi) is 4.29. The summed E-state index contributed by atoms with van der Waals surface area (Å²) in [6, 6.07) is 4.02. The lowest BCUT2D eigenvalue weighted by atomic mass is 10.1. The van der Waals surface area contributed by atoms with Gasteiger partial charge >= 0.3 is 0 Å². The van der Waals surface area contributed by atoms with Crippen LogP contribution >= 0.6 is 0 Å². The molecule has 0 unspecified atom stereocenters. The van der Waals surface area contributed by atoms with E-state index in [1.54, 1.807) is 6.20 Å². The third kappa shape index (κ3) is 3.44. The third-order valence-corrected chi connectivity index (χ3v) is 5.34. The number of aromatic nitrogens is 2. The number of hydrogen-bond donors (Lipinski definition) is 0. The minimum Gasteiger partial charge on any atom is -0.444 e. The second-order valence-electron chi connectivity index (χ2n) is 7.09. The zero-order valence-corrected chi connectivity index (χ0v) is 14.8. The van der Waals surface area contributed by atoms with E-state index in [4.69, 9.17) is 4.42 Å². The summed E-state index contributed by atoms with van der Waals surface area (Å²) in [6.45, 7) is 7.94. The van der Waals surface area contributed by atoms with Crippen molar-refractivity contribution in [2.75, 3.05) is 26.2 Å². The molecule has 3 heterocycles. The number of hydrogen-bond acceptors (Lipinski definition) is 5. The van der Waals surface area contributed by atoms with Crippen LogP contribution in [0.2, 0.25) is 0 Å². The normalized spacial score (nSPS) is 23.7. The highest BCUT2D eigenvalue weighted by molar-refractivity contribution is 5.83. The molecular formula is C19H24N4O2. The SMILES string of the molecule is Cc1nc(CN2CCN(C(=O)[C@@H]3C[C@H]3c3cccnc3)CC2)oc1C. The van der Waals surface area contributed by atoms with Crippen LogP contribution in [0.1, 0.15) is 35.2 Å². The molecule has 25 heavy (non-hydrogen) atoms. The van der Waals surface area contributed by atoms with Gasteiger partial charge in [0.1, 0.15) is 5.76 Å². The van der Waals surface area contributed by atoms with E-state index in [0.717, 1.165) is 56.5 Å². The molecule has 2 aliphatic rings. The predicted molar refractivity (Wildman–Crippen MR) is 92.9 cm³/mol. The van der Waals surface area contributed by atoms with Crippen LogP contribution in [0.5, 0.6) is 0 Å². The molecule has 1 aliphatic carbocycles. The van der Waals surface area contributed by atoms with Gasteiger partial charge in [-0.15, -0.1) is 0 Å². The highest BCUT2D eigenvalue weighted by atomic mass is 16.4. The summed E-state index contributed by atoms with van der Waals surface area (Å²) < 4.78 is 5.66. The largest absolute Gasteiger partial charge is 0.444 e. The number of carbonyl (C=O) groups is 1. The summed E-state index contributed by atoms with van der Waals surface area (Å²) in [6.07, 6.45) is 4.62. The molecule has 4 rings (SSSR count). The minimum atomic E-state index is 0.146. The molecular weight excluding hydrogens is 316 g/mol. The molecule has 0 N–H and O–H groups in total. The van der Waals surface area contributed by atoms with E-state index in [0.29, 0.717) is 11.8 Å². The lowest BCUT2D eigenvalue weighted by Crippen LogP contribution is -2.48. The molecule has 6 nitrogen and oxygen atoms in total. The van der Waals surface area contributed by atoms with E-state index in [9.17, 15) is 4.79 Å². The van der Waals surface area contributed by atoms with Crippen LogP contribution in [0.15, 0.2) is 28.9 Å². The van der Waals surface area contributed by atoms with Gasteiger partial charge in [0.25, 0.3) is 0 Å². The first-order chi connectivity index (χ1) is 12.1. The first kappa shape index (κ1) is 16.3. The number of aryl methyl sites for hydroxylation is 2. The maximum atomic E-state index is 12.7. The Labute approximate surface area is 147 Å². The maximum Gasteiger partial charge on any atom is 0.226 e. The molecule has 1 saturated carbocycles. The van der Waals surface area contributed by atoms with E-state index >= 15 is 0 Å². The first-order valence-corrected chi connectivity index (χ1v) is 8.96. The van der Waals surface area contributed by atoms with Gasteiger partial charge < -0.3 is 9.32 Å². The molecule has 2 atom stereocenters. The molecule has 0 bridgehead atoms. The Morgan fingerprint density at radius 3 is 2.72 bits per heavy atom. The molecule has 2 aromatic heterocycles. The second kappa shape index (κ2) is 6.59. The maximum absolute atomic E-state index is 12.7. The van der Waals surface area contributed by atoms with E-state index in [1.165, 1.54) is 5.56 Å². The van der Waals surface area contributed by atoms with Crippen LogP contribution in [-0.4, -0.2) is 51.9 Å². The van der Waals surface area contributed by atoms with Crippen LogP contribution < -0.4 is 0 Å². The number of pyridine rings is 1. The summed E-state index contributed by atoms with van der Waals surface area (Å²) in [7, 11) is 0. The summed E-state index contributed by atoms with van der Waals surface area (Å²) in [5.41, 5.74) is 2.15. The number of amides is 1. The average Bonchev–Trinajstić information content (AvgIpc) is 3.37. The van der Waals surface area contributed by atoms with Gasteiger partial charge in [0, 0.05) is 44.5 Å². The Bertz CT molecular complexity index is 731. The van der Waals surface area contributed by atoms with Crippen LogP contribution in [0.25, 0.3) is 0 Å². The smallest absolute Gasteiger partial charge is 0.226 e. The molecule has 0 spiro atoms. The Morgan fingerprint density at radius 2 is 2.08 bits per heavy atom. The monoisotopic (exact) mass is 340 g/mol. The summed E-state index contributed by atoms with van der Waals surface area (Å²) in [4.78, 5) is 25.6. The van der Waals surface area contributed by atoms with Crippen molar-refractivity contribution >= 4 is 5.91 Å². The molecule has 2 fully saturated rings. The van der Waals surface area contributed by atoms with Crippen molar-refractivity contribution in [1.29, 1.82) is 0 Å². The van der Waals surface area contributed by atoms with E-state index < -0.39 is 0 Å². The van der Waals surface area contributed by atoms with Crippen LogP contribution in [0.4, 0.5) is 0 Å². The van der Waals surface area contributed by atoms with E-state index in [-0.39, 0.29) is 5.92 Å². The second-order valence-corrected chi connectivity index (χ2v) is 7.09. The summed E-state index contributed by atoms with van der Waals surface area (Å²) in [5, 5.41) is 0. The molecule has 1 saturated heterocycles. The minimum absolute atomic E-state index is 0.146. The Morgan fingerprint density at radius 1 is 1.28 bits per heavy atom. The summed E-state index contributed by atoms with van der Waals surface area (Å²) >= 11 is 0. The van der Waals surface area contributed by atoms with Gasteiger partial charge in [-0.1, -0.05) is 6.07 Å². The standard InChI is InChI=1S/C19H24N4O2/c1-13-14(2)25-18(21-13)12-22-6-8-23(9-7-22)19(24)17-10-16(17)15-4-3-5-20-11-15/h3-5,11,16-17H,6-10,12H2,1-2H3/t16-,17+/m0/s1. The molecule has 1 amide bonds. The zero-order chi connectivity index (χ0) is 17.4. The van der Waals surface area contributed by atoms with Crippen molar-refractivity contribution in [2.24, 2.45) is 5.92 Å². The fourth-order valence-electron chi connectivity index (χ4n) is 3.59. The molecule has 6 heteroatoms. The van der Waals surface area contributed by atoms with E-state index in [1.807, 2.05) is 31.0 Å². The van der Waals surface area contributed by atoms with Crippen molar-refractivity contribution in [3.8, 4) is 0 Å². The molecule has 0 radical (unpaired) electrons. The van der Waals surface area contributed by atoms with Crippen LogP contribution in [0, 0.1) is 19.8 Å². The average molecular weight is 340 g/mol. The van der Waals surface area contributed by atoms with Crippen molar-refractivity contribution < 1.29 is 9.21 Å². The van der Waals surface area contributed by atoms with E-state index in [2.05, 4.69) is 20.9 Å². The van der Waals surface area contributed by atoms with Crippen molar-refractivity contribution in [1.82, 2.24) is 19.8 Å². The highest BCUT2D eigenvalue weighted by Gasteiger charge is 2.46. The van der Waals surface area contributed by atoms with Gasteiger partial charge in [0.05, 0.1) is 12.2 Å². The molecule has 0 aromatic carbocycles. The first-order valence-electron chi connectivity index (χ1n) is 8.96. The molecule has 2 aromatic rings. The number of carbonyl (C=O) groups excluding carboxylic acids is 1. The topological polar surface area (TPSA) is 62.5 Å². The van der Waals surface area contributed by atoms with Gasteiger partial charge in [-0.25, -0.2) is 4.98 Å². The fraction of sp³-hybridized carbons (Fsp3) is 0.526. The van der Waals surface area contributed by atoms with Gasteiger partial charge in [-0.3, -0.25) is 14.7 Å². The molecule has 132 valence electrons. The molecule has 1 aliphatic heterocycles. The van der Waals surface area contributed by atoms with Crippen molar-refractivity contribution in [3.05, 3.63) is 47.4 Å². The zero-order valence-electron chi connectivity index (χ0n) is 14.8. The Balaban J connectivity index is 1.28. The van der Waals surface area contributed by atoms with Gasteiger partial charge in [0.2, 0.25) is 11.8 Å². The van der Waals surface area contributed by atoms with Crippen molar-refractivity contribution in [2.45, 2.75) is 32.7 Å². The lowest BCUT2D eigenvalue weighted by molar-refractivity contribution is -0.134. The number of piperazine rings is 1. The van der Waals surface area contributed by atoms with Gasteiger partial charge in [-0.2, -0.15) is 0 Å². The number of nitrogens with zero attached hydrogens (tertiary/aromatic N) is 4. The summed E-state index contributed by atoms with van der Waals surface area (Å²) in [5.74, 6) is 2.47. The highest BCUT2D eigenvalue weighted by Crippen LogP contribution is 2.48. The third-order valence-electron chi connectivity index (χ3n) is 5.34. The fourth-order valence-corrected chi connectivity index (χ4v) is 3.59. The van der Waals surface area contributed by atoms with Gasteiger partial charge in [0.15, 0.2) is 0 Å². The Hall–Kier alpha value is -2.21. The van der Waals surface area contributed by atoms with Crippen LogP contribution in [0.3, 0.4) is 0 Å². The lowest BCUT2D eigenvalue weighted by Gasteiger charge is -2.34. The predicted octanol–water partition coefficient (Wildman–Crippen LogP) is 2.13.